The molecule has 0 aliphatic rings. The van der Waals surface area contributed by atoms with Crippen molar-refractivity contribution in [2.45, 2.75) is 6.54 Å². The molecule has 150 valence electrons. The Morgan fingerprint density at radius 3 is 2.57 bits per heavy atom. The third-order valence-corrected chi connectivity index (χ3v) is 4.94. The highest BCUT2D eigenvalue weighted by atomic mass is 16.5. The molecule has 5 aromatic rings. The molecule has 0 bridgehead atoms. The van der Waals surface area contributed by atoms with Gasteiger partial charge in [-0.1, -0.05) is 11.3 Å². The van der Waals surface area contributed by atoms with E-state index >= 15 is 0 Å². The van der Waals surface area contributed by atoms with Gasteiger partial charge in [0.15, 0.2) is 0 Å². The molecule has 9 heteroatoms. The van der Waals surface area contributed by atoms with E-state index in [1.54, 1.807) is 23.3 Å². The lowest BCUT2D eigenvalue weighted by Gasteiger charge is -2.07. The van der Waals surface area contributed by atoms with E-state index in [1.807, 2.05) is 54.9 Å². The maximum atomic E-state index is 6.17. The molecule has 5 rings (SSSR count). The summed E-state index contributed by atoms with van der Waals surface area (Å²) in [6.45, 7) is 0.454. The van der Waals surface area contributed by atoms with Crippen LogP contribution < -0.4 is 15.2 Å². The van der Waals surface area contributed by atoms with Crippen LogP contribution in [0.1, 0.15) is 5.69 Å². The SMILES string of the molecule is COc1ccc(-c2cn(Cc3cn4c(N)nc5c(OC)cccc5c4n3)nn2)cc1. The summed E-state index contributed by atoms with van der Waals surface area (Å²) in [5.41, 5.74) is 10.1. The van der Waals surface area contributed by atoms with E-state index < -0.39 is 0 Å². The number of nitrogens with zero attached hydrogens (tertiary/aromatic N) is 6. The van der Waals surface area contributed by atoms with Crippen LogP contribution in [0.5, 0.6) is 11.5 Å². The number of imidazole rings is 1. The highest BCUT2D eigenvalue weighted by molar-refractivity contribution is 5.96. The van der Waals surface area contributed by atoms with Crippen molar-refractivity contribution in [1.29, 1.82) is 0 Å². The summed E-state index contributed by atoms with van der Waals surface area (Å²) >= 11 is 0. The summed E-state index contributed by atoms with van der Waals surface area (Å²) in [7, 11) is 3.25. The average Bonchev–Trinajstić information content (AvgIpc) is 3.41. The van der Waals surface area contributed by atoms with Gasteiger partial charge in [0, 0.05) is 17.1 Å². The first-order chi connectivity index (χ1) is 14.7. The van der Waals surface area contributed by atoms with Crippen LogP contribution in [0.25, 0.3) is 27.8 Å². The first kappa shape index (κ1) is 17.9. The smallest absolute Gasteiger partial charge is 0.206 e. The lowest BCUT2D eigenvalue weighted by Crippen LogP contribution is -2.01. The number of nitrogens with two attached hydrogens (primary N) is 1. The molecule has 0 radical (unpaired) electrons. The minimum Gasteiger partial charge on any atom is -0.497 e. The molecule has 30 heavy (non-hydrogen) atoms. The Balaban J connectivity index is 1.49. The number of hydrogen-bond acceptors (Lipinski definition) is 7. The van der Waals surface area contributed by atoms with Gasteiger partial charge in [0.05, 0.1) is 32.7 Å². The Labute approximate surface area is 171 Å². The Morgan fingerprint density at radius 2 is 1.80 bits per heavy atom. The lowest BCUT2D eigenvalue weighted by molar-refractivity contribution is 0.415. The number of anilines is 1. The Bertz CT molecular complexity index is 1360. The fourth-order valence-electron chi connectivity index (χ4n) is 3.46. The number of benzene rings is 2. The van der Waals surface area contributed by atoms with Gasteiger partial charge in [0.25, 0.3) is 0 Å². The molecule has 3 heterocycles. The van der Waals surface area contributed by atoms with E-state index in [4.69, 9.17) is 20.2 Å². The number of rotatable bonds is 5. The molecule has 3 aromatic heterocycles. The van der Waals surface area contributed by atoms with Crippen LogP contribution in [0.15, 0.2) is 54.9 Å². The predicted molar refractivity (Wildman–Crippen MR) is 113 cm³/mol. The van der Waals surface area contributed by atoms with Gasteiger partial charge in [0.2, 0.25) is 5.95 Å². The molecule has 0 fully saturated rings. The van der Waals surface area contributed by atoms with E-state index in [1.165, 1.54) is 0 Å². The molecular formula is C21H19N7O2. The van der Waals surface area contributed by atoms with E-state index in [0.29, 0.717) is 23.8 Å². The maximum absolute atomic E-state index is 6.17. The van der Waals surface area contributed by atoms with Crippen LogP contribution in [0.2, 0.25) is 0 Å². The minimum atomic E-state index is 0.346. The highest BCUT2D eigenvalue weighted by Crippen LogP contribution is 2.28. The second kappa shape index (κ2) is 7.03. The minimum absolute atomic E-state index is 0.346. The standard InChI is InChI=1S/C21H19N7O2/c1-29-15-8-6-13(7-9-15)17-12-27(26-25-17)10-14-11-28-20(23-14)16-4-3-5-18(30-2)19(16)24-21(28)22/h3-9,11-12H,10H2,1-2H3,(H2,22,24). The maximum Gasteiger partial charge on any atom is 0.206 e. The molecule has 0 saturated heterocycles. The topological polar surface area (TPSA) is 105 Å². The molecule has 0 unspecified atom stereocenters. The summed E-state index contributed by atoms with van der Waals surface area (Å²) in [5.74, 6) is 1.80. The van der Waals surface area contributed by atoms with Crippen LogP contribution in [-0.2, 0) is 6.54 Å². The third kappa shape index (κ3) is 2.96. The van der Waals surface area contributed by atoms with Gasteiger partial charge in [-0.05, 0) is 36.4 Å². The first-order valence-electron chi connectivity index (χ1n) is 9.31. The fraction of sp³-hybridized carbons (Fsp3) is 0.143. The van der Waals surface area contributed by atoms with Crippen molar-refractivity contribution < 1.29 is 9.47 Å². The zero-order chi connectivity index (χ0) is 20.7. The van der Waals surface area contributed by atoms with E-state index in [-0.39, 0.29) is 0 Å². The number of ether oxygens (including phenoxy) is 2. The third-order valence-electron chi connectivity index (χ3n) is 4.94. The monoisotopic (exact) mass is 401 g/mol. The summed E-state index contributed by atoms with van der Waals surface area (Å²) in [6, 6.07) is 13.4. The van der Waals surface area contributed by atoms with Crippen molar-refractivity contribution >= 4 is 22.5 Å². The summed E-state index contributed by atoms with van der Waals surface area (Å²) in [6.07, 6.45) is 3.75. The molecule has 2 N–H and O–H groups in total. The van der Waals surface area contributed by atoms with Gasteiger partial charge in [0.1, 0.15) is 28.4 Å². The molecule has 9 nitrogen and oxygen atoms in total. The number of fused-ring (bicyclic) bond motifs is 3. The van der Waals surface area contributed by atoms with Crippen LogP contribution in [0.4, 0.5) is 5.95 Å². The van der Waals surface area contributed by atoms with Gasteiger partial charge in [-0.25, -0.2) is 14.6 Å². The molecule has 0 aliphatic carbocycles. The van der Waals surface area contributed by atoms with Crippen molar-refractivity contribution in [3.8, 4) is 22.8 Å². The summed E-state index contributed by atoms with van der Waals surface area (Å²) in [5, 5.41) is 9.37. The Hall–Kier alpha value is -4.14. The van der Waals surface area contributed by atoms with Crippen LogP contribution in [-0.4, -0.2) is 43.6 Å². The number of hydrogen-bond donors (Lipinski definition) is 1. The normalized spacial score (nSPS) is 11.3. The van der Waals surface area contributed by atoms with E-state index in [9.17, 15) is 0 Å². The van der Waals surface area contributed by atoms with Crippen LogP contribution >= 0.6 is 0 Å². The number of nitrogen functional groups attached to an aromatic ring is 1. The summed E-state index contributed by atoms with van der Waals surface area (Å²) < 4.78 is 14.1. The van der Waals surface area contributed by atoms with Crippen LogP contribution in [0.3, 0.4) is 0 Å². The number of aromatic nitrogens is 6. The predicted octanol–water partition coefficient (Wildman–Crippen LogP) is 2.79. The molecule has 0 amide bonds. The fourth-order valence-corrected chi connectivity index (χ4v) is 3.46. The van der Waals surface area contributed by atoms with Crippen molar-refractivity contribution in [1.82, 2.24) is 29.4 Å². The first-order valence-corrected chi connectivity index (χ1v) is 9.31. The van der Waals surface area contributed by atoms with Gasteiger partial charge in [-0.15, -0.1) is 5.10 Å². The molecule has 0 spiro atoms. The van der Waals surface area contributed by atoms with Gasteiger partial charge in [-0.2, -0.15) is 0 Å². The second-order valence-electron chi connectivity index (χ2n) is 6.78. The lowest BCUT2D eigenvalue weighted by atomic mass is 10.2. The highest BCUT2D eigenvalue weighted by Gasteiger charge is 2.14. The molecule has 0 saturated carbocycles. The van der Waals surface area contributed by atoms with Crippen molar-refractivity contribution in [2.75, 3.05) is 20.0 Å². The number of para-hydroxylation sites is 1. The van der Waals surface area contributed by atoms with Crippen molar-refractivity contribution in [3.63, 3.8) is 0 Å². The quantitative estimate of drug-likeness (QED) is 0.483. The second-order valence-corrected chi connectivity index (χ2v) is 6.78. The van der Waals surface area contributed by atoms with Crippen LogP contribution in [0, 0.1) is 0 Å². The summed E-state index contributed by atoms with van der Waals surface area (Å²) in [4.78, 5) is 9.24. The van der Waals surface area contributed by atoms with Gasteiger partial charge < -0.3 is 15.2 Å². The van der Waals surface area contributed by atoms with Gasteiger partial charge >= 0.3 is 0 Å². The largest absolute Gasteiger partial charge is 0.497 e. The Kier molecular flexibility index (Phi) is 4.20. The van der Waals surface area contributed by atoms with E-state index in [2.05, 4.69) is 15.3 Å². The molecule has 0 aliphatic heterocycles. The average molecular weight is 401 g/mol. The Morgan fingerprint density at radius 1 is 0.967 bits per heavy atom. The molecular weight excluding hydrogens is 382 g/mol. The zero-order valence-corrected chi connectivity index (χ0v) is 16.5. The molecule has 0 atom stereocenters. The van der Waals surface area contributed by atoms with Crippen molar-refractivity contribution in [3.05, 3.63) is 60.6 Å². The zero-order valence-electron chi connectivity index (χ0n) is 16.5. The van der Waals surface area contributed by atoms with E-state index in [0.717, 1.165) is 33.7 Å². The number of methoxy groups -OCH3 is 2. The molecule has 2 aromatic carbocycles. The van der Waals surface area contributed by atoms with Crippen molar-refractivity contribution in [2.24, 2.45) is 0 Å². The van der Waals surface area contributed by atoms with Gasteiger partial charge in [-0.3, -0.25) is 4.40 Å².